The van der Waals surface area contributed by atoms with E-state index in [1.54, 1.807) is 0 Å². The molecule has 4 heteroatoms. The first-order chi connectivity index (χ1) is 7.17. The zero-order valence-corrected chi connectivity index (χ0v) is 10.9. The minimum Gasteiger partial charge on any atom is -0.550 e. The molecule has 0 amide bonds. The van der Waals surface area contributed by atoms with E-state index in [0.717, 1.165) is 6.42 Å². The highest BCUT2D eigenvalue weighted by Crippen LogP contribution is 2.16. The maximum atomic E-state index is 12.0. The molecule has 0 saturated heterocycles. The Balaban J connectivity index is 4.66. The third-order valence-electron chi connectivity index (χ3n) is 2.68. The maximum Gasteiger partial charge on any atom is 0.144 e. The Morgan fingerprint density at radius 2 is 1.75 bits per heavy atom. The second-order valence-electron chi connectivity index (χ2n) is 5.46. The fourth-order valence-electron chi connectivity index (χ4n) is 1.72. The maximum absolute atomic E-state index is 12.0. The number of rotatable bonds is 7. The van der Waals surface area contributed by atoms with E-state index in [2.05, 4.69) is 0 Å². The highest BCUT2D eigenvalue weighted by molar-refractivity contribution is 5.86. The van der Waals surface area contributed by atoms with Crippen molar-refractivity contribution < 1.29 is 19.2 Å². The van der Waals surface area contributed by atoms with Gasteiger partial charge in [0.25, 0.3) is 0 Å². The van der Waals surface area contributed by atoms with Gasteiger partial charge in [-0.3, -0.25) is 4.79 Å². The lowest BCUT2D eigenvalue weighted by molar-refractivity contribution is -0.872. The highest BCUT2D eigenvalue weighted by Gasteiger charge is 2.28. The second kappa shape index (κ2) is 5.99. The van der Waals surface area contributed by atoms with Crippen LogP contribution in [-0.4, -0.2) is 43.9 Å². The summed E-state index contributed by atoms with van der Waals surface area (Å²) < 4.78 is 0.583. The monoisotopic (exact) mass is 229 g/mol. The van der Waals surface area contributed by atoms with Gasteiger partial charge in [-0.25, -0.2) is 0 Å². The number of carbonyl (C=O) groups is 2. The standard InChI is InChI=1S/C12H23NO3/c1-6-9(2)12(16)10(7-11(14)15)8-13(3,4)5/h9-10H,6-8H2,1-5H3. The van der Waals surface area contributed by atoms with Crippen LogP contribution in [0.25, 0.3) is 0 Å². The zero-order valence-electron chi connectivity index (χ0n) is 10.9. The Morgan fingerprint density at radius 3 is 2.06 bits per heavy atom. The smallest absolute Gasteiger partial charge is 0.144 e. The summed E-state index contributed by atoms with van der Waals surface area (Å²) in [6, 6.07) is 0. The van der Waals surface area contributed by atoms with Crippen molar-refractivity contribution in [3.8, 4) is 0 Å². The van der Waals surface area contributed by atoms with E-state index in [0.29, 0.717) is 11.0 Å². The Morgan fingerprint density at radius 1 is 1.25 bits per heavy atom. The number of hydrogen-bond acceptors (Lipinski definition) is 3. The molecule has 0 aliphatic carbocycles. The summed E-state index contributed by atoms with van der Waals surface area (Å²) in [5, 5.41) is 10.6. The van der Waals surface area contributed by atoms with Gasteiger partial charge in [0.1, 0.15) is 5.78 Å². The minimum absolute atomic E-state index is 0.0414. The predicted octanol–water partition coefficient (Wildman–Crippen LogP) is 0.0640. The van der Waals surface area contributed by atoms with Crippen LogP contribution in [0.1, 0.15) is 26.7 Å². The Hall–Kier alpha value is -0.900. The summed E-state index contributed by atoms with van der Waals surface area (Å²) in [6.45, 7) is 4.32. The van der Waals surface area contributed by atoms with Crippen LogP contribution in [0.5, 0.6) is 0 Å². The van der Waals surface area contributed by atoms with E-state index < -0.39 is 11.9 Å². The molecule has 0 aliphatic heterocycles. The molecule has 0 aliphatic rings. The normalized spacial score (nSPS) is 15.6. The zero-order chi connectivity index (χ0) is 12.9. The van der Waals surface area contributed by atoms with Crippen LogP contribution in [0.15, 0.2) is 0 Å². The minimum atomic E-state index is -1.14. The lowest BCUT2D eigenvalue weighted by Gasteiger charge is -2.29. The number of Topliss-reactive ketones (excluding diaryl/α,β-unsaturated/α-hetero) is 1. The number of carboxylic acids is 1. The van der Waals surface area contributed by atoms with Gasteiger partial charge >= 0.3 is 0 Å². The third-order valence-corrected chi connectivity index (χ3v) is 2.68. The summed E-state index contributed by atoms with van der Waals surface area (Å²) in [7, 11) is 5.85. The molecule has 0 rings (SSSR count). The van der Waals surface area contributed by atoms with E-state index in [1.165, 1.54) is 0 Å². The van der Waals surface area contributed by atoms with Gasteiger partial charge in [0.05, 0.1) is 33.6 Å². The van der Waals surface area contributed by atoms with Gasteiger partial charge in [-0.05, 0) is 6.42 Å². The fraction of sp³-hybridized carbons (Fsp3) is 0.833. The number of nitrogens with zero attached hydrogens (tertiary/aromatic N) is 1. The van der Waals surface area contributed by atoms with Crippen molar-refractivity contribution in [1.29, 1.82) is 0 Å². The molecule has 0 heterocycles. The van der Waals surface area contributed by atoms with Crippen molar-refractivity contribution in [2.24, 2.45) is 11.8 Å². The van der Waals surface area contributed by atoms with E-state index in [9.17, 15) is 14.7 Å². The lowest BCUT2D eigenvalue weighted by atomic mass is 9.89. The first kappa shape index (κ1) is 15.1. The van der Waals surface area contributed by atoms with Crippen LogP contribution < -0.4 is 5.11 Å². The molecule has 4 nitrogen and oxygen atoms in total. The summed E-state index contributed by atoms with van der Waals surface area (Å²) in [4.78, 5) is 22.6. The number of ketones is 1. The fourth-order valence-corrected chi connectivity index (χ4v) is 1.72. The molecule has 2 unspecified atom stereocenters. The average molecular weight is 229 g/mol. The third kappa shape index (κ3) is 5.85. The average Bonchev–Trinajstić information content (AvgIpc) is 2.11. The van der Waals surface area contributed by atoms with Crippen LogP contribution in [0, 0.1) is 11.8 Å². The summed E-state index contributed by atoms with van der Waals surface area (Å²) in [6.07, 6.45) is 0.582. The molecule has 0 radical (unpaired) electrons. The molecular weight excluding hydrogens is 206 g/mol. The van der Waals surface area contributed by atoms with E-state index in [-0.39, 0.29) is 18.1 Å². The van der Waals surface area contributed by atoms with Gasteiger partial charge in [0, 0.05) is 18.3 Å². The van der Waals surface area contributed by atoms with Crippen LogP contribution in [0.4, 0.5) is 0 Å². The highest BCUT2D eigenvalue weighted by atomic mass is 16.4. The molecule has 0 bridgehead atoms. The molecule has 0 aromatic rings. The molecular formula is C12H23NO3. The van der Waals surface area contributed by atoms with Gasteiger partial charge in [0.2, 0.25) is 0 Å². The first-order valence-electron chi connectivity index (χ1n) is 5.71. The number of carbonyl (C=O) groups excluding carboxylic acids is 2. The van der Waals surface area contributed by atoms with E-state index in [4.69, 9.17) is 0 Å². The van der Waals surface area contributed by atoms with Gasteiger partial charge in [0.15, 0.2) is 0 Å². The second-order valence-corrected chi connectivity index (χ2v) is 5.46. The Bertz CT molecular complexity index is 255. The molecule has 0 N–H and O–H groups in total. The lowest BCUT2D eigenvalue weighted by Crippen LogP contribution is -2.44. The summed E-state index contributed by atoms with van der Waals surface area (Å²) >= 11 is 0. The first-order valence-corrected chi connectivity index (χ1v) is 5.71. The summed E-state index contributed by atoms with van der Waals surface area (Å²) in [5.41, 5.74) is 0. The number of aliphatic carboxylic acids is 1. The molecule has 0 spiro atoms. The van der Waals surface area contributed by atoms with Crippen molar-refractivity contribution in [1.82, 2.24) is 0 Å². The molecule has 16 heavy (non-hydrogen) atoms. The molecule has 94 valence electrons. The van der Waals surface area contributed by atoms with E-state index in [1.807, 2.05) is 35.0 Å². The summed E-state index contributed by atoms with van der Waals surface area (Å²) in [5.74, 6) is -1.61. The van der Waals surface area contributed by atoms with Crippen molar-refractivity contribution in [3.63, 3.8) is 0 Å². The van der Waals surface area contributed by atoms with Gasteiger partial charge in [-0.1, -0.05) is 13.8 Å². The Kier molecular flexibility index (Phi) is 5.65. The van der Waals surface area contributed by atoms with Gasteiger partial charge < -0.3 is 14.4 Å². The van der Waals surface area contributed by atoms with Crippen molar-refractivity contribution >= 4 is 11.8 Å². The molecule has 0 aromatic carbocycles. The van der Waals surface area contributed by atoms with Crippen molar-refractivity contribution in [2.75, 3.05) is 27.7 Å². The topological polar surface area (TPSA) is 57.2 Å². The van der Waals surface area contributed by atoms with Crippen LogP contribution >= 0.6 is 0 Å². The Labute approximate surface area is 97.8 Å². The van der Waals surface area contributed by atoms with Gasteiger partial charge in [-0.2, -0.15) is 0 Å². The van der Waals surface area contributed by atoms with Crippen LogP contribution in [-0.2, 0) is 9.59 Å². The molecule has 0 fully saturated rings. The van der Waals surface area contributed by atoms with Gasteiger partial charge in [-0.15, -0.1) is 0 Å². The largest absolute Gasteiger partial charge is 0.550 e. The quantitative estimate of drug-likeness (QED) is 0.580. The molecule has 2 atom stereocenters. The van der Waals surface area contributed by atoms with Crippen LogP contribution in [0.3, 0.4) is 0 Å². The molecule has 0 aromatic heterocycles. The number of carboxylic acid groups (broad SMARTS) is 1. The van der Waals surface area contributed by atoms with Crippen LogP contribution in [0.2, 0.25) is 0 Å². The molecule has 0 saturated carbocycles. The SMILES string of the molecule is CCC(C)C(=O)C(CC(=O)[O-])C[N+](C)(C)C. The number of hydrogen-bond donors (Lipinski definition) is 0. The predicted molar refractivity (Wildman–Crippen MR) is 60.5 cm³/mol. The van der Waals surface area contributed by atoms with Crippen molar-refractivity contribution in [2.45, 2.75) is 26.7 Å². The van der Waals surface area contributed by atoms with Crippen molar-refractivity contribution in [3.05, 3.63) is 0 Å². The number of quaternary nitrogens is 1. The van der Waals surface area contributed by atoms with E-state index >= 15 is 0 Å².